The molecular formula is C14H21O4P. The van der Waals surface area contributed by atoms with Crippen LogP contribution in [0.4, 0.5) is 0 Å². The molecule has 0 aromatic heterocycles. The van der Waals surface area contributed by atoms with Crippen LogP contribution in [0, 0.1) is 0 Å². The van der Waals surface area contributed by atoms with E-state index in [1.54, 1.807) is 26.4 Å². The first-order valence-corrected chi connectivity index (χ1v) is 7.26. The molecule has 1 aromatic rings. The fraction of sp³-hybridized carbons (Fsp3) is 0.500. The summed E-state index contributed by atoms with van der Waals surface area (Å²) in [5.74, 6) is 1.52. The van der Waals surface area contributed by atoms with E-state index in [0.717, 1.165) is 6.42 Å². The number of rotatable bonds is 7. The number of hydrogen-bond donors (Lipinski definition) is 0. The lowest BCUT2D eigenvalue weighted by atomic mass is 10.1. The number of hydrogen-bond acceptors (Lipinski definition) is 4. The minimum atomic E-state index is 0.0435. The van der Waals surface area contributed by atoms with E-state index in [9.17, 15) is 4.79 Å². The Hall–Kier alpha value is -1.28. The lowest BCUT2D eigenvalue weighted by Crippen LogP contribution is -2.05. The van der Waals surface area contributed by atoms with Crippen LogP contribution in [0.2, 0.25) is 0 Å². The molecule has 0 aliphatic rings. The third-order valence-electron chi connectivity index (χ3n) is 2.94. The predicted molar refractivity (Wildman–Crippen MR) is 78.5 cm³/mol. The third kappa shape index (κ3) is 3.60. The zero-order valence-corrected chi connectivity index (χ0v) is 13.1. The van der Waals surface area contributed by atoms with Gasteiger partial charge >= 0.3 is 0 Å². The molecule has 0 radical (unpaired) electrons. The van der Waals surface area contributed by atoms with Gasteiger partial charge in [-0.3, -0.25) is 4.79 Å². The maximum absolute atomic E-state index is 12.4. The number of benzene rings is 1. The highest BCUT2D eigenvalue weighted by Crippen LogP contribution is 2.41. The van der Waals surface area contributed by atoms with Crippen molar-refractivity contribution in [2.24, 2.45) is 0 Å². The summed E-state index contributed by atoms with van der Waals surface area (Å²) in [7, 11) is 4.82. The molecule has 0 bridgehead atoms. The monoisotopic (exact) mass is 284 g/mol. The molecule has 106 valence electrons. The zero-order valence-electron chi connectivity index (χ0n) is 12.1. The lowest BCUT2D eigenvalue weighted by Gasteiger charge is -2.16. The second kappa shape index (κ2) is 7.34. The van der Waals surface area contributed by atoms with E-state index in [4.69, 9.17) is 14.2 Å². The Kier molecular flexibility index (Phi) is 6.10. The normalized spacial score (nSPS) is 12.5. The number of carbonyl (C=O) groups is 1. The third-order valence-corrected chi connectivity index (χ3v) is 4.36. The van der Waals surface area contributed by atoms with Crippen molar-refractivity contribution in [2.45, 2.75) is 25.9 Å². The van der Waals surface area contributed by atoms with Gasteiger partial charge in [0.25, 0.3) is 0 Å². The van der Waals surface area contributed by atoms with Gasteiger partial charge in [0.05, 0.1) is 21.3 Å². The molecule has 0 saturated heterocycles. The molecule has 0 aliphatic heterocycles. The highest BCUT2D eigenvalue weighted by atomic mass is 31.1. The molecule has 1 aromatic carbocycles. The fourth-order valence-electron chi connectivity index (χ4n) is 1.69. The molecule has 0 spiro atoms. The molecule has 0 heterocycles. The Morgan fingerprint density at radius 3 is 2.21 bits per heavy atom. The largest absolute Gasteiger partial charge is 0.496 e. The maximum atomic E-state index is 12.4. The van der Waals surface area contributed by atoms with Crippen LogP contribution >= 0.6 is 8.58 Å². The van der Waals surface area contributed by atoms with Crippen molar-refractivity contribution in [3.05, 3.63) is 17.7 Å². The molecule has 0 N–H and O–H groups in total. The molecule has 19 heavy (non-hydrogen) atoms. The van der Waals surface area contributed by atoms with E-state index >= 15 is 0 Å². The summed E-state index contributed by atoms with van der Waals surface area (Å²) in [6.07, 6.45) is 0.971. The Bertz CT molecular complexity index is 445. The van der Waals surface area contributed by atoms with Gasteiger partial charge in [-0.15, -0.1) is 0 Å². The van der Waals surface area contributed by atoms with Crippen molar-refractivity contribution in [3.8, 4) is 17.2 Å². The van der Waals surface area contributed by atoms with E-state index in [-0.39, 0.29) is 14.1 Å². The van der Waals surface area contributed by atoms with Crippen LogP contribution in [-0.2, 0) is 0 Å². The summed E-state index contributed by atoms with van der Waals surface area (Å²) in [5, 5.41) is 0. The van der Waals surface area contributed by atoms with Gasteiger partial charge in [0.15, 0.2) is 17.0 Å². The van der Waals surface area contributed by atoms with Crippen molar-refractivity contribution >= 4 is 14.1 Å². The average molecular weight is 284 g/mol. The summed E-state index contributed by atoms with van der Waals surface area (Å²) in [6.45, 7) is 4.14. The van der Waals surface area contributed by atoms with Crippen LogP contribution < -0.4 is 14.2 Å². The molecule has 4 nitrogen and oxygen atoms in total. The zero-order chi connectivity index (χ0) is 14.4. The van der Waals surface area contributed by atoms with Crippen molar-refractivity contribution in [3.63, 3.8) is 0 Å². The predicted octanol–water partition coefficient (Wildman–Crippen LogP) is 3.33. The molecule has 5 heteroatoms. The second-order valence-electron chi connectivity index (χ2n) is 4.16. The van der Waals surface area contributed by atoms with Crippen LogP contribution in [0.25, 0.3) is 0 Å². The Balaban J connectivity index is 3.25. The van der Waals surface area contributed by atoms with Gasteiger partial charge in [0.2, 0.25) is 0 Å². The van der Waals surface area contributed by atoms with Gasteiger partial charge in [-0.1, -0.05) is 13.8 Å². The standard InChI is InChI=1S/C14H21O4P/c1-6-9(2)19-14(15)12-10(16-3)7-8-11(17-4)13(12)18-5/h7-9,19H,6H2,1-5H3. The minimum absolute atomic E-state index is 0.0435. The van der Waals surface area contributed by atoms with E-state index in [0.29, 0.717) is 28.5 Å². The molecule has 2 atom stereocenters. The summed E-state index contributed by atoms with van der Waals surface area (Å²) < 4.78 is 15.8. The first-order valence-electron chi connectivity index (χ1n) is 6.18. The fourth-order valence-corrected chi connectivity index (χ4v) is 2.72. The van der Waals surface area contributed by atoms with Crippen molar-refractivity contribution < 1.29 is 19.0 Å². The summed E-state index contributed by atoms with van der Waals surface area (Å²) >= 11 is 0. The van der Waals surface area contributed by atoms with Gasteiger partial charge < -0.3 is 14.2 Å². The van der Waals surface area contributed by atoms with Crippen molar-refractivity contribution in [1.82, 2.24) is 0 Å². The highest BCUT2D eigenvalue weighted by Gasteiger charge is 2.23. The number of methoxy groups -OCH3 is 3. The summed E-state index contributed by atoms with van der Waals surface area (Å²) in [4.78, 5) is 12.4. The summed E-state index contributed by atoms with van der Waals surface area (Å²) in [5.41, 5.74) is 0.873. The first kappa shape index (κ1) is 15.8. The molecule has 0 aliphatic carbocycles. The maximum Gasteiger partial charge on any atom is 0.188 e. The topological polar surface area (TPSA) is 44.8 Å². The van der Waals surface area contributed by atoms with Crippen LogP contribution in [0.15, 0.2) is 12.1 Å². The Morgan fingerprint density at radius 1 is 1.16 bits per heavy atom. The Labute approximate surface area is 116 Å². The van der Waals surface area contributed by atoms with Gasteiger partial charge in [-0.2, -0.15) is 0 Å². The van der Waals surface area contributed by atoms with E-state index in [1.807, 2.05) is 0 Å². The van der Waals surface area contributed by atoms with Crippen LogP contribution in [0.3, 0.4) is 0 Å². The Morgan fingerprint density at radius 2 is 1.74 bits per heavy atom. The second-order valence-corrected chi connectivity index (χ2v) is 5.89. The van der Waals surface area contributed by atoms with Crippen molar-refractivity contribution in [2.75, 3.05) is 21.3 Å². The van der Waals surface area contributed by atoms with E-state index < -0.39 is 0 Å². The summed E-state index contributed by atoms with van der Waals surface area (Å²) in [6, 6.07) is 3.47. The van der Waals surface area contributed by atoms with Crippen LogP contribution in [0.5, 0.6) is 17.2 Å². The molecule has 1 rings (SSSR count). The SMILES string of the molecule is CCC(C)PC(=O)c1c(OC)ccc(OC)c1OC. The van der Waals surface area contributed by atoms with Crippen molar-refractivity contribution in [1.29, 1.82) is 0 Å². The number of carbonyl (C=O) groups excluding carboxylic acids is 1. The number of ether oxygens (including phenoxy) is 3. The average Bonchev–Trinajstić information content (AvgIpc) is 2.44. The molecule has 0 saturated carbocycles. The van der Waals surface area contributed by atoms with Gasteiger partial charge in [0, 0.05) is 0 Å². The molecule has 0 amide bonds. The van der Waals surface area contributed by atoms with Gasteiger partial charge in [-0.05, 0) is 32.8 Å². The smallest absolute Gasteiger partial charge is 0.188 e. The van der Waals surface area contributed by atoms with Gasteiger partial charge in [0.1, 0.15) is 11.3 Å². The molecule has 2 unspecified atom stereocenters. The quantitative estimate of drug-likeness (QED) is 0.720. The van der Waals surface area contributed by atoms with E-state index in [1.165, 1.54) is 7.11 Å². The van der Waals surface area contributed by atoms with Gasteiger partial charge in [-0.25, -0.2) is 0 Å². The van der Waals surface area contributed by atoms with Crippen LogP contribution in [0.1, 0.15) is 30.6 Å². The molecule has 0 fully saturated rings. The highest BCUT2D eigenvalue weighted by molar-refractivity contribution is 7.59. The molecular weight excluding hydrogens is 263 g/mol. The lowest BCUT2D eigenvalue weighted by molar-refractivity contribution is 0.107. The first-order chi connectivity index (χ1) is 9.08. The minimum Gasteiger partial charge on any atom is -0.496 e. The van der Waals surface area contributed by atoms with Crippen LogP contribution in [-0.4, -0.2) is 32.5 Å². The van der Waals surface area contributed by atoms with E-state index in [2.05, 4.69) is 13.8 Å².